The van der Waals surface area contributed by atoms with Crippen molar-refractivity contribution in [2.75, 3.05) is 31.1 Å². The van der Waals surface area contributed by atoms with Crippen LogP contribution in [0.25, 0.3) is 11.3 Å². The Kier molecular flexibility index (Phi) is 5.07. The number of piperazine rings is 1. The van der Waals surface area contributed by atoms with Gasteiger partial charge in [0.25, 0.3) is 0 Å². The molecule has 0 bridgehead atoms. The summed E-state index contributed by atoms with van der Waals surface area (Å²) in [7, 11) is 0. The molecule has 27 heavy (non-hydrogen) atoms. The van der Waals surface area contributed by atoms with Gasteiger partial charge in [-0.2, -0.15) is 5.10 Å². The molecule has 2 aromatic heterocycles. The lowest BCUT2D eigenvalue weighted by Crippen LogP contribution is -2.49. The number of H-pyrrole nitrogens is 1. The first-order valence-electron chi connectivity index (χ1n) is 8.92. The third-order valence-electron chi connectivity index (χ3n) is 4.76. The number of amides is 1. The molecule has 3 aromatic rings. The zero-order chi connectivity index (χ0) is 18.6. The van der Waals surface area contributed by atoms with Gasteiger partial charge in [-0.3, -0.25) is 14.9 Å². The number of halogens is 1. The van der Waals surface area contributed by atoms with Crippen LogP contribution in [0.1, 0.15) is 5.56 Å². The van der Waals surface area contributed by atoms with Crippen molar-refractivity contribution in [2.45, 2.75) is 6.42 Å². The Bertz CT molecular complexity index is 902. The van der Waals surface area contributed by atoms with Gasteiger partial charge in [-0.1, -0.05) is 23.7 Å². The average Bonchev–Trinajstić information content (AvgIpc) is 3.21. The highest BCUT2D eigenvalue weighted by molar-refractivity contribution is 6.30. The van der Waals surface area contributed by atoms with Gasteiger partial charge in [0.1, 0.15) is 0 Å². The Morgan fingerprint density at radius 1 is 1.11 bits per heavy atom. The van der Waals surface area contributed by atoms with Crippen molar-refractivity contribution in [3.8, 4) is 11.3 Å². The molecule has 1 aliphatic heterocycles. The van der Waals surface area contributed by atoms with Crippen molar-refractivity contribution in [3.05, 3.63) is 65.4 Å². The Morgan fingerprint density at radius 2 is 1.89 bits per heavy atom. The first-order valence-corrected chi connectivity index (χ1v) is 9.30. The number of carbonyl (C=O) groups is 1. The van der Waals surface area contributed by atoms with E-state index in [0.29, 0.717) is 24.5 Å². The van der Waals surface area contributed by atoms with Crippen LogP contribution in [0.5, 0.6) is 0 Å². The van der Waals surface area contributed by atoms with Gasteiger partial charge in [-0.05, 0) is 29.8 Å². The molecule has 1 aromatic carbocycles. The summed E-state index contributed by atoms with van der Waals surface area (Å²) >= 11 is 5.90. The van der Waals surface area contributed by atoms with E-state index >= 15 is 0 Å². The number of nitrogens with zero attached hydrogens (tertiary/aromatic N) is 4. The number of nitrogens with one attached hydrogen (secondary N) is 1. The Hall–Kier alpha value is -2.86. The second-order valence-electron chi connectivity index (χ2n) is 6.55. The molecular weight excluding hydrogens is 362 g/mol. The summed E-state index contributed by atoms with van der Waals surface area (Å²) in [4.78, 5) is 20.8. The largest absolute Gasteiger partial charge is 0.352 e. The standard InChI is InChI=1S/C20H20ClN5O/c21-17-5-3-15(4-6-17)12-20(27)26-10-8-25(9-11-26)19-13-18(23-24-19)16-2-1-7-22-14-16/h1-7,13-14H,8-12H2,(H,23,24). The Labute approximate surface area is 162 Å². The quantitative estimate of drug-likeness (QED) is 0.754. The lowest BCUT2D eigenvalue weighted by Gasteiger charge is -2.34. The molecule has 138 valence electrons. The third kappa shape index (κ3) is 4.11. The van der Waals surface area contributed by atoms with E-state index in [-0.39, 0.29) is 5.91 Å². The van der Waals surface area contributed by atoms with Gasteiger partial charge in [-0.15, -0.1) is 0 Å². The molecule has 0 radical (unpaired) electrons. The fourth-order valence-electron chi connectivity index (χ4n) is 3.22. The van der Waals surface area contributed by atoms with Gasteiger partial charge in [0, 0.05) is 55.2 Å². The third-order valence-corrected chi connectivity index (χ3v) is 5.01. The lowest BCUT2D eigenvalue weighted by atomic mass is 10.1. The summed E-state index contributed by atoms with van der Waals surface area (Å²) in [6.45, 7) is 2.93. The molecule has 0 atom stereocenters. The predicted octanol–water partition coefficient (Wildman–Crippen LogP) is 3.02. The van der Waals surface area contributed by atoms with Crippen molar-refractivity contribution < 1.29 is 4.79 Å². The molecule has 7 heteroatoms. The maximum Gasteiger partial charge on any atom is 0.227 e. The van der Waals surface area contributed by atoms with E-state index in [2.05, 4.69) is 20.1 Å². The zero-order valence-corrected chi connectivity index (χ0v) is 15.6. The molecule has 1 N–H and O–H groups in total. The van der Waals surface area contributed by atoms with Crippen LogP contribution < -0.4 is 4.90 Å². The highest BCUT2D eigenvalue weighted by atomic mass is 35.5. The van der Waals surface area contributed by atoms with E-state index in [0.717, 1.165) is 35.7 Å². The number of hydrogen-bond acceptors (Lipinski definition) is 4. The number of anilines is 1. The summed E-state index contributed by atoms with van der Waals surface area (Å²) < 4.78 is 0. The molecule has 4 rings (SSSR count). The minimum absolute atomic E-state index is 0.148. The van der Waals surface area contributed by atoms with E-state index in [4.69, 9.17) is 11.6 Å². The highest BCUT2D eigenvalue weighted by Gasteiger charge is 2.22. The summed E-state index contributed by atoms with van der Waals surface area (Å²) in [5.41, 5.74) is 2.94. The number of aromatic amines is 1. The second kappa shape index (κ2) is 7.80. The fourth-order valence-corrected chi connectivity index (χ4v) is 3.34. The van der Waals surface area contributed by atoms with Crippen molar-refractivity contribution in [3.63, 3.8) is 0 Å². The Morgan fingerprint density at radius 3 is 2.59 bits per heavy atom. The normalized spacial score (nSPS) is 14.4. The number of rotatable bonds is 4. The van der Waals surface area contributed by atoms with E-state index < -0.39 is 0 Å². The van der Waals surface area contributed by atoms with Gasteiger partial charge in [0.2, 0.25) is 5.91 Å². The van der Waals surface area contributed by atoms with Crippen LogP contribution in [-0.2, 0) is 11.2 Å². The summed E-state index contributed by atoms with van der Waals surface area (Å²) in [5.74, 6) is 1.05. The number of aromatic nitrogens is 3. The molecule has 0 aliphatic carbocycles. The van der Waals surface area contributed by atoms with Crippen molar-refractivity contribution >= 4 is 23.3 Å². The van der Waals surface area contributed by atoms with Crippen LogP contribution in [0.4, 0.5) is 5.82 Å². The van der Waals surface area contributed by atoms with E-state index in [1.54, 1.807) is 6.20 Å². The first kappa shape index (κ1) is 17.5. The molecule has 3 heterocycles. The first-order chi connectivity index (χ1) is 13.2. The Balaban J connectivity index is 1.34. The summed E-state index contributed by atoms with van der Waals surface area (Å²) in [6.07, 6.45) is 3.97. The second-order valence-corrected chi connectivity index (χ2v) is 6.99. The van der Waals surface area contributed by atoms with Gasteiger partial charge in [0.15, 0.2) is 5.82 Å². The molecule has 0 saturated carbocycles. The van der Waals surface area contributed by atoms with Crippen molar-refractivity contribution in [1.29, 1.82) is 0 Å². The molecular formula is C20H20ClN5O. The molecule has 0 unspecified atom stereocenters. The van der Waals surface area contributed by atoms with Gasteiger partial charge < -0.3 is 9.80 Å². The van der Waals surface area contributed by atoms with Crippen LogP contribution in [0, 0.1) is 0 Å². The summed E-state index contributed by atoms with van der Waals surface area (Å²) in [6, 6.07) is 13.4. The van der Waals surface area contributed by atoms with Gasteiger partial charge in [0.05, 0.1) is 12.1 Å². The van der Waals surface area contributed by atoms with Crippen molar-refractivity contribution in [1.82, 2.24) is 20.1 Å². The van der Waals surface area contributed by atoms with Gasteiger partial charge >= 0.3 is 0 Å². The van der Waals surface area contributed by atoms with Crippen LogP contribution in [-0.4, -0.2) is 52.2 Å². The maximum absolute atomic E-state index is 12.5. The number of benzene rings is 1. The van der Waals surface area contributed by atoms with E-state index in [9.17, 15) is 4.79 Å². The van der Waals surface area contributed by atoms with Crippen molar-refractivity contribution in [2.24, 2.45) is 0 Å². The van der Waals surface area contributed by atoms with Crippen LogP contribution >= 0.6 is 11.6 Å². The molecule has 1 amide bonds. The topological polar surface area (TPSA) is 65.1 Å². The predicted molar refractivity (Wildman–Crippen MR) is 106 cm³/mol. The van der Waals surface area contributed by atoms with Gasteiger partial charge in [-0.25, -0.2) is 0 Å². The van der Waals surface area contributed by atoms with Crippen LogP contribution in [0.15, 0.2) is 54.9 Å². The average molecular weight is 382 g/mol. The molecule has 0 spiro atoms. The van der Waals surface area contributed by atoms with E-state index in [1.165, 1.54) is 0 Å². The van der Waals surface area contributed by atoms with Crippen LogP contribution in [0.2, 0.25) is 5.02 Å². The summed E-state index contributed by atoms with van der Waals surface area (Å²) in [5, 5.41) is 8.17. The number of carbonyl (C=O) groups excluding carboxylic acids is 1. The van der Waals surface area contributed by atoms with E-state index in [1.807, 2.05) is 53.6 Å². The number of hydrogen-bond donors (Lipinski definition) is 1. The molecule has 1 aliphatic rings. The molecule has 1 fully saturated rings. The smallest absolute Gasteiger partial charge is 0.227 e. The molecule has 6 nitrogen and oxygen atoms in total. The zero-order valence-electron chi connectivity index (χ0n) is 14.8. The monoisotopic (exact) mass is 381 g/mol. The minimum Gasteiger partial charge on any atom is -0.352 e. The lowest BCUT2D eigenvalue weighted by molar-refractivity contribution is -0.130. The highest BCUT2D eigenvalue weighted by Crippen LogP contribution is 2.22. The van der Waals surface area contributed by atoms with Crippen LogP contribution in [0.3, 0.4) is 0 Å². The maximum atomic E-state index is 12.5. The fraction of sp³-hybridized carbons (Fsp3) is 0.250. The molecule has 1 saturated heterocycles. The minimum atomic E-state index is 0.148. The number of pyridine rings is 1. The SMILES string of the molecule is O=C(Cc1ccc(Cl)cc1)N1CCN(c2cc(-c3cccnc3)[nH]n2)CC1.